The molecule has 0 spiro atoms. The number of imidazole rings is 1. The molecule has 7 nitrogen and oxygen atoms in total. The van der Waals surface area contributed by atoms with Crippen molar-refractivity contribution in [3.63, 3.8) is 0 Å². The van der Waals surface area contributed by atoms with E-state index in [1.807, 2.05) is 35.7 Å². The third kappa shape index (κ3) is 3.53. The Kier molecular flexibility index (Phi) is 4.88. The first-order chi connectivity index (χ1) is 15.1. The van der Waals surface area contributed by atoms with Crippen molar-refractivity contribution < 1.29 is 4.79 Å². The molecule has 1 atom stereocenters. The Morgan fingerprint density at radius 2 is 2.06 bits per heavy atom. The molecule has 1 N–H and O–H groups in total. The molecule has 8 heteroatoms. The average molecular weight is 429 g/mol. The number of anilines is 1. The number of thiazole rings is 1. The summed E-state index contributed by atoms with van der Waals surface area (Å²) in [6.07, 6.45) is 0.541. The minimum atomic E-state index is -0.102. The van der Waals surface area contributed by atoms with Crippen LogP contribution in [0.25, 0.3) is 11.0 Å². The number of aromatic nitrogens is 3. The van der Waals surface area contributed by atoms with Crippen LogP contribution in [0.2, 0.25) is 0 Å². The molecule has 154 valence electrons. The van der Waals surface area contributed by atoms with Crippen LogP contribution in [0.3, 0.4) is 0 Å². The molecular formula is C23H20N6OS. The first kappa shape index (κ1) is 19.3. The number of carbonyl (C=O) groups is 1. The number of hydrogen-bond acceptors (Lipinski definition) is 5. The van der Waals surface area contributed by atoms with Crippen LogP contribution in [0, 0.1) is 11.3 Å². The highest BCUT2D eigenvalue weighted by atomic mass is 32.1. The highest BCUT2D eigenvalue weighted by Gasteiger charge is 2.24. The number of nitrogens with one attached hydrogen (secondary N) is 1. The van der Waals surface area contributed by atoms with Gasteiger partial charge in [0.2, 0.25) is 0 Å². The van der Waals surface area contributed by atoms with Gasteiger partial charge in [-0.2, -0.15) is 5.26 Å². The van der Waals surface area contributed by atoms with Crippen LogP contribution in [0.15, 0.2) is 53.9 Å². The zero-order valence-corrected chi connectivity index (χ0v) is 17.8. The summed E-state index contributed by atoms with van der Waals surface area (Å²) < 4.78 is 2.19. The molecule has 1 fully saturated rings. The van der Waals surface area contributed by atoms with Crippen LogP contribution in [0.5, 0.6) is 0 Å². The fraction of sp³-hybridized carbons (Fsp3) is 0.217. The first-order valence-corrected chi connectivity index (χ1v) is 11.0. The van der Waals surface area contributed by atoms with Gasteiger partial charge in [-0.15, -0.1) is 11.3 Å². The van der Waals surface area contributed by atoms with Crippen molar-refractivity contribution in [2.24, 2.45) is 0 Å². The minimum Gasteiger partial charge on any atom is -0.336 e. The molecule has 1 aliphatic heterocycles. The van der Waals surface area contributed by atoms with Gasteiger partial charge in [-0.1, -0.05) is 30.3 Å². The Labute approximate surface area is 183 Å². The van der Waals surface area contributed by atoms with Gasteiger partial charge in [0.1, 0.15) is 5.82 Å². The Bertz CT molecular complexity index is 1300. The highest BCUT2D eigenvalue weighted by Crippen LogP contribution is 2.29. The van der Waals surface area contributed by atoms with E-state index < -0.39 is 0 Å². The predicted molar refractivity (Wildman–Crippen MR) is 120 cm³/mol. The molecule has 1 saturated heterocycles. The lowest BCUT2D eigenvalue weighted by molar-refractivity contribution is 0.252. The van der Waals surface area contributed by atoms with Crippen molar-refractivity contribution in [3.8, 4) is 6.07 Å². The molecule has 0 aliphatic carbocycles. The van der Waals surface area contributed by atoms with Crippen molar-refractivity contribution in [2.75, 3.05) is 18.0 Å². The molecular weight excluding hydrogens is 408 g/mol. The van der Waals surface area contributed by atoms with Crippen LogP contribution in [0.1, 0.15) is 35.6 Å². The summed E-state index contributed by atoms with van der Waals surface area (Å²) in [7, 11) is 0. The normalized spacial score (nSPS) is 14.6. The second-order valence-electron chi connectivity index (χ2n) is 7.48. The van der Waals surface area contributed by atoms with E-state index in [1.54, 1.807) is 11.0 Å². The van der Waals surface area contributed by atoms with Crippen molar-refractivity contribution in [3.05, 3.63) is 76.6 Å². The van der Waals surface area contributed by atoms with Crippen LogP contribution in [-0.4, -0.2) is 33.7 Å². The van der Waals surface area contributed by atoms with Crippen LogP contribution < -0.4 is 10.2 Å². The van der Waals surface area contributed by atoms with Gasteiger partial charge in [0.05, 0.1) is 34.4 Å². The van der Waals surface area contributed by atoms with E-state index in [4.69, 9.17) is 9.97 Å². The maximum absolute atomic E-state index is 12.0. The number of nitrogens with zero attached hydrogens (tertiary/aromatic N) is 5. The van der Waals surface area contributed by atoms with E-state index >= 15 is 0 Å². The Balaban J connectivity index is 1.56. The Morgan fingerprint density at radius 1 is 1.23 bits per heavy atom. The average Bonchev–Trinajstić information content (AvgIpc) is 3.51. The van der Waals surface area contributed by atoms with E-state index in [-0.39, 0.29) is 12.1 Å². The monoisotopic (exact) mass is 428 g/mol. The topological polar surface area (TPSA) is 86.8 Å². The van der Waals surface area contributed by atoms with Gasteiger partial charge in [-0.05, 0) is 30.7 Å². The summed E-state index contributed by atoms with van der Waals surface area (Å²) in [6, 6.07) is 18.0. The van der Waals surface area contributed by atoms with Crippen LogP contribution in [-0.2, 0) is 6.42 Å². The molecule has 0 radical (unpaired) electrons. The number of hydrogen-bond donors (Lipinski definition) is 1. The van der Waals surface area contributed by atoms with Gasteiger partial charge in [0.15, 0.2) is 5.13 Å². The number of nitriles is 1. The molecule has 2 amide bonds. The summed E-state index contributed by atoms with van der Waals surface area (Å²) in [5.74, 6) is 0.879. The van der Waals surface area contributed by atoms with Crippen molar-refractivity contribution in [1.29, 1.82) is 5.26 Å². The largest absolute Gasteiger partial charge is 0.336 e. The second-order valence-corrected chi connectivity index (χ2v) is 8.32. The number of benzene rings is 2. The lowest BCUT2D eigenvalue weighted by atomic mass is 10.1. The lowest BCUT2D eigenvalue weighted by Crippen LogP contribution is -2.27. The van der Waals surface area contributed by atoms with Crippen molar-refractivity contribution in [1.82, 2.24) is 19.9 Å². The molecule has 1 aliphatic rings. The maximum atomic E-state index is 12.0. The molecule has 2 aromatic carbocycles. The quantitative estimate of drug-likeness (QED) is 0.519. The maximum Gasteiger partial charge on any atom is 0.323 e. The summed E-state index contributed by atoms with van der Waals surface area (Å²) in [5.41, 5.74) is 4.43. The number of fused-ring (bicyclic) bond motifs is 1. The molecule has 0 saturated carbocycles. The number of urea groups is 1. The number of rotatable bonds is 5. The van der Waals surface area contributed by atoms with Gasteiger partial charge in [-0.25, -0.2) is 14.8 Å². The van der Waals surface area contributed by atoms with Gasteiger partial charge in [0, 0.05) is 24.9 Å². The van der Waals surface area contributed by atoms with Gasteiger partial charge in [-0.3, -0.25) is 4.90 Å². The molecule has 0 unspecified atom stereocenters. The molecule has 4 aromatic rings. The van der Waals surface area contributed by atoms with E-state index in [0.717, 1.165) is 28.1 Å². The number of amides is 2. The SMILES string of the molecule is C[C@@H](c1ccccc1)n1c(Cc2csc(N3CCNC3=O)n2)nc2ccc(C#N)cc21. The fourth-order valence-corrected chi connectivity index (χ4v) is 4.82. The number of carbonyl (C=O) groups excluding carboxylic acids is 1. The third-order valence-corrected chi connectivity index (χ3v) is 6.44. The highest BCUT2D eigenvalue weighted by molar-refractivity contribution is 7.14. The molecule has 3 heterocycles. The van der Waals surface area contributed by atoms with Crippen LogP contribution in [0.4, 0.5) is 9.93 Å². The van der Waals surface area contributed by atoms with E-state index in [9.17, 15) is 10.1 Å². The van der Waals surface area contributed by atoms with E-state index in [1.165, 1.54) is 11.3 Å². The summed E-state index contributed by atoms with van der Waals surface area (Å²) in [4.78, 5) is 23.2. The molecule has 2 aromatic heterocycles. The summed E-state index contributed by atoms with van der Waals surface area (Å²) >= 11 is 1.47. The smallest absolute Gasteiger partial charge is 0.323 e. The zero-order valence-electron chi connectivity index (χ0n) is 16.9. The van der Waals surface area contributed by atoms with E-state index in [0.29, 0.717) is 30.2 Å². The Hall–Kier alpha value is -3.70. The van der Waals surface area contributed by atoms with Gasteiger partial charge >= 0.3 is 6.03 Å². The summed E-state index contributed by atoms with van der Waals surface area (Å²) in [6.45, 7) is 3.41. The van der Waals surface area contributed by atoms with Crippen molar-refractivity contribution >= 4 is 33.5 Å². The first-order valence-electron chi connectivity index (χ1n) is 10.1. The van der Waals surface area contributed by atoms with E-state index in [2.05, 4.69) is 35.0 Å². The molecule has 31 heavy (non-hydrogen) atoms. The fourth-order valence-electron chi connectivity index (χ4n) is 3.97. The summed E-state index contributed by atoms with van der Waals surface area (Å²) in [5, 5.41) is 14.9. The lowest BCUT2D eigenvalue weighted by Gasteiger charge is -2.18. The predicted octanol–water partition coefficient (Wildman–Crippen LogP) is 4.09. The van der Waals surface area contributed by atoms with Gasteiger partial charge < -0.3 is 9.88 Å². The van der Waals surface area contributed by atoms with Gasteiger partial charge in [0.25, 0.3) is 0 Å². The minimum absolute atomic E-state index is 0.0395. The standard InChI is InChI=1S/C23H20N6OS/c1-15(17-5-3-2-4-6-17)29-20-11-16(13-24)7-8-19(20)27-21(29)12-18-14-31-23(26-18)28-10-9-25-22(28)30/h2-8,11,14-15H,9-10,12H2,1H3,(H,25,30)/t15-/m0/s1. The van der Waals surface area contributed by atoms with Crippen molar-refractivity contribution in [2.45, 2.75) is 19.4 Å². The molecule has 0 bridgehead atoms. The second kappa shape index (κ2) is 7.85. The zero-order chi connectivity index (χ0) is 21.4. The third-order valence-electron chi connectivity index (χ3n) is 5.53. The molecule has 5 rings (SSSR count). The Morgan fingerprint density at radius 3 is 2.81 bits per heavy atom. The van der Waals surface area contributed by atoms with Crippen LogP contribution >= 0.6 is 11.3 Å².